The van der Waals surface area contributed by atoms with Gasteiger partial charge in [0.25, 0.3) is 0 Å². The van der Waals surface area contributed by atoms with Gasteiger partial charge in [0.15, 0.2) is 0 Å². The third kappa shape index (κ3) is 2.45. The number of benzene rings is 1. The molecule has 0 saturated heterocycles. The van der Waals surface area contributed by atoms with E-state index in [0.717, 1.165) is 42.3 Å². The summed E-state index contributed by atoms with van der Waals surface area (Å²) in [7, 11) is 0. The topological polar surface area (TPSA) is 37.3 Å². The zero-order valence-electron chi connectivity index (χ0n) is 13.6. The van der Waals surface area contributed by atoms with Gasteiger partial charge in [0.1, 0.15) is 12.0 Å². The van der Waals surface area contributed by atoms with Crippen LogP contribution in [0.2, 0.25) is 0 Å². The second kappa shape index (κ2) is 5.99. The molecule has 1 fully saturated rings. The standard InChI is InChI=1S/C21H24O2/c22-13-16-10-9-14-5-1-3-7-17(14)20(16)21-18-8-4-2-6-15(18)11-12-19(21)23/h9-14,17,23H,1-8H2/t14-,17?/m0/s1. The predicted molar refractivity (Wildman–Crippen MR) is 92.3 cm³/mol. The highest BCUT2D eigenvalue weighted by atomic mass is 16.3. The van der Waals surface area contributed by atoms with E-state index in [9.17, 15) is 9.90 Å². The first kappa shape index (κ1) is 14.7. The van der Waals surface area contributed by atoms with Crippen LogP contribution in [0.5, 0.6) is 5.75 Å². The number of aryl methyl sites for hydroxylation is 1. The summed E-state index contributed by atoms with van der Waals surface area (Å²) < 4.78 is 0. The molecule has 3 aliphatic rings. The molecule has 0 heterocycles. The van der Waals surface area contributed by atoms with Crippen LogP contribution in [0.15, 0.2) is 29.9 Å². The summed E-state index contributed by atoms with van der Waals surface area (Å²) in [5.41, 5.74) is 5.56. The molecule has 0 aromatic heterocycles. The number of aldehydes is 1. The van der Waals surface area contributed by atoms with E-state index in [1.807, 2.05) is 12.1 Å². The van der Waals surface area contributed by atoms with Gasteiger partial charge < -0.3 is 5.11 Å². The van der Waals surface area contributed by atoms with Gasteiger partial charge in [-0.2, -0.15) is 0 Å². The zero-order valence-corrected chi connectivity index (χ0v) is 13.6. The van der Waals surface area contributed by atoms with E-state index >= 15 is 0 Å². The first-order valence-corrected chi connectivity index (χ1v) is 9.01. The van der Waals surface area contributed by atoms with Gasteiger partial charge in [-0.3, -0.25) is 4.79 Å². The Morgan fingerprint density at radius 1 is 1.04 bits per heavy atom. The maximum Gasteiger partial charge on any atom is 0.150 e. The molecule has 2 nitrogen and oxygen atoms in total. The summed E-state index contributed by atoms with van der Waals surface area (Å²) >= 11 is 0. The van der Waals surface area contributed by atoms with Crippen LogP contribution in [0.25, 0.3) is 5.57 Å². The summed E-state index contributed by atoms with van der Waals surface area (Å²) in [6.45, 7) is 0. The van der Waals surface area contributed by atoms with E-state index < -0.39 is 0 Å². The van der Waals surface area contributed by atoms with Gasteiger partial charge in [0, 0.05) is 11.1 Å². The lowest BCUT2D eigenvalue weighted by atomic mass is 9.68. The first-order valence-electron chi connectivity index (χ1n) is 9.01. The van der Waals surface area contributed by atoms with Gasteiger partial charge >= 0.3 is 0 Å². The molecule has 1 aromatic rings. The molecule has 1 saturated carbocycles. The molecule has 2 atom stereocenters. The Balaban J connectivity index is 1.92. The van der Waals surface area contributed by atoms with Crippen LogP contribution in [0, 0.1) is 11.8 Å². The van der Waals surface area contributed by atoms with E-state index in [0.29, 0.717) is 17.6 Å². The molecule has 120 valence electrons. The smallest absolute Gasteiger partial charge is 0.150 e. The van der Waals surface area contributed by atoms with Crippen molar-refractivity contribution in [1.82, 2.24) is 0 Å². The largest absolute Gasteiger partial charge is 0.507 e. The summed E-state index contributed by atoms with van der Waals surface area (Å²) in [5.74, 6) is 1.29. The van der Waals surface area contributed by atoms with Crippen molar-refractivity contribution in [3.05, 3.63) is 46.5 Å². The monoisotopic (exact) mass is 308 g/mol. The van der Waals surface area contributed by atoms with Crippen LogP contribution < -0.4 is 0 Å². The van der Waals surface area contributed by atoms with Gasteiger partial charge in [-0.05, 0) is 73.1 Å². The highest BCUT2D eigenvalue weighted by Gasteiger charge is 2.34. The van der Waals surface area contributed by atoms with Gasteiger partial charge in [0.05, 0.1) is 0 Å². The SMILES string of the molecule is O=CC1=C(c2c(O)ccc3c2CCCC3)C2CCCC[C@H]2C=C1. The number of aromatic hydroxyl groups is 1. The molecule has 2 heteroatoms. The molecule has 23 heavy (non-hydrogen) atoms. The minimum absolute atomic E-state index is 0.361. The summed E-state index contributed by atoms with van der Waals surface area (Å²) in [5, 5.41) is 10.6. The van der Waals surface area contributed by atoms with Crippen LogP contribution in [-0.2, 0) is 17.6 Å². The number of hydrogen-bond acceptors (Lipinski definition) is 2. The van der Waals surface area contributed by atoms with E-state index in [1.165, 1.54) is 43.2 Å². The summed E-state index contributed by atoms with van der Waals surface area (Å²) in [6.07, 6.45) is 14.6. The van der Waals surface area contributed by atoms with Crippen molar-refractivity contribution in [2.45, 2.75) is 51.4 Å². The van der Waals surface area contributed by atoms with Crippen molar-refractivity contribution in [3.8, 4) is 5.75 Å². The van der Waals surface area contributed by atoms with Crippen molar-refractivity contribution < 1.29 is 9.90 Å². The van der Waals surface area contributed by atoms with Crippen LogP contribution >= 0.6 is 0 Å². The Bertz CT molecular complexity index is 696. The Hall–Kier alpha value is -1.83. The normalized spacial score (nSPS) is 26.6. The number of carbonyl (C=O) groups excluding carboxylic acids is 1. The van der Waals surface area contributed by atoms with Crippen LogP contribution in [0.3, 0.4) is 0 Å². The Labute approximate surface area is 137 Å². The van der Waals surface area contributed by atoms with Crippen molar-refractivity contribution in [1.29, 1.82) is 0 Å². The molecular formula is C21H24O2. The van der Waals surface area contributed by atoms with Crippen LogP contribution in [-0.4, -0.2) is 11.4 Å². The number of carbonyl (C=O) groups is 1. The summed E-state index contributed by atoms with van der Waals surface area (Å²) in [4.78, 5) is 11.7. The third-order valence-electron chi connectivity index (χ3n) is 5.93. The molecule has 0 bridgehead atoms. The molecule has 1 unspecified atom stereocenters. The quantitative estimate of drug-likeness (QED) is 0.811. The molecule has 0 spiro atoms. The number of phenolic OH excluding ortho intramolecular Hbond substituents is 1. The van der Waals surface area contributed by atoms with E-state index in [1.54, 1.807) is 0 Å². The molecule has 0 radical (unpaired) electrons. The number of fused-ring (bicyclic) bond motifs is 2. The molecule has 1 N–H and O–H groups in total. The lowest BCUT2D eigenvalue weighted by Gasteiger charge is -2.36. The zero-order chi connectivity index (χ0) is 15.8. The number of phenols is 1. The van der Waals surface area contributed by atoms with Crippen molar-refractivity contribution >= 4 is 11.9 Å². The average Bonchev–Trinajstić information content (AvgIpc) is 2.61. The lowest BCUT2D eigenvalue weighted by molar-refractivity contribution is -0.104. The van der Waals surface area contributed by atoms with Crippen molar-refractivity contribution in [2.75, 3.05) is 0 Å². The van der Waals surface area contributed by atoms with Crippen molar-refractivity contribution in [2.24, 2.45) is 11.8 Å². The maximum absolute atomic E-state index is 11.7. The maximum atomic E-state index is 11.7. The molecule has 0 amide bonds. The Morgan fingerprint density at radius 3 is 2.74 bits per heavy atom. The molecule has 0 aliphatic heterocycles. The molecule has 4 rings (SSSR count). The minimum atomic E-state index is 0.361. The fourth-order valence-electron chi connectivity index (χ4n) is 4.83. The van der Waals surface area contributed by atoms with Gasteiger partial charge in [-0.1, -0.05) is 31.1 Å². The van der Waals surface area contributed by atoms with E-state index in [4.69, 9.17) is 0 Å². The van der Waals surface area contributed by atoms with Gasteiger partial charge in [-0.25, -0.2) is 0 Å². The second-order valence-electron chi connectivity index (χ2n) is 7.21. The Morgan fingerprint density at radius 2 is 1.87 bits per heavy atom. The fraction of sp³-hybridized carbons (Fsp3) is 0.476. The van der Waals surface area contributed by atoms with Gasteiger partial charge in [-0.15, -0.1) is 0 Å². The van der Waals surface area contributed by atoms with Crippen LogP contribution in [0.1, 0.15) is 55.2 Å². The number of allylic oxidation sites excluding steroid dienone is 4. The Kier molecular flexibility index (Phi) is 3.84. The third-order valence-corrected chi connectivity index (χ3v) is 5.93. The minimum Gasteiger partial charge on any atom is -0.507 e. The fourth-order valence-corrected chi connectivity index (χ4v) is 4.83. The predicted octanol–water partition coefficient (Wildman–Crippen LogP) is 4.60. The second-order valence-corrected chi connectivity index (χ2v) is 7.21. The van der Waals surface area contributed by atoms with E-state index in [-0.39, 0.29) is 0 Å². The lowest BCUT2D eigenvalue weighted by Crippen LogP contribution is -2.24. The molecule has 1 aromatic carbocycles. The highest BCUT2D eigenvalue weighted by Crippen LogP contribution is 2.48. The molecule has 3 aliphatic carbocycles. The van der Waals surface area contributed by atoms with E-state index in [2.05, 4.69) is 12.1 Å². The number of rotatable bonds is 2. The average molecular weight is 308 g/mol. The van der Waals surface area contributed by atoms with Crippen molar-refractivity contribution in [3.63, 3.8) is 0 Å². The highest BCUT2D eigenvalue weighted by molar-refractivity contribution is 5.95. The van der Waals surface area contributed by atoms with Gasteiger partial charge in [0.2, 0.25) is 0 Å². The summed E-state index contributed by atoms with van der Waals surface area (Å²) in [6, 6.07) is 3.91. The molecular weight excluding hydrogens is 284 g/mol. The first-order chi connectivity index (χ1) is 11.3. The van der Waals surface area contributed by atoms with Crippen LogP contribution in [0.4, 0.5) is 0 Å². The number of hydrogen-bond donors (Lipinski definition) is 1.